The van der Waals surface area contributed by atoms with E-state index in [1.54, 1.807) is 6.20 Å². The number of aromatic nitrogens is 2. The Morgan fingerprint density at radius 3 is 2.32 bits per heavy atom. The molecule has 0 spiro atoms. The number of hydrogen-bond donors (Lipinski definition) is 1. The highest BCUT2D eigenvalue weighted by Gasteiger charge is 2.54. The number of carbonyl (C=O) groups excluding carboxylic acids is 1. The fraction of sp³-hybridized carbons (Fsp3) is 0.762. The summed E-state index contributed by atoms with van der Waals surface area (Å²) in [6, 6.07) is 0. The first-order valence-corrected chi connectivity index (χ1v) is 10.7. The minimum atomic E-state index is -0.165. The third-order valence-electron chi connectivity index (χ3n) is 7.24. The van der Waals surface area contributed by atoms with E-state index in [1.165, 1.54) is 19.3 Å². The van der Waals surface area contributed by atoms with Gasteiger partial charge in [0.1, 0.15) is 5.69 Å². The minimum Gasteiger partial charge on any atom is -0.378 e. The van der Waals surface area contributed by atoms with Crippen LogP contribution in [0.1, 0.15) is 38.5 Å². The van der Waals surface area contributed by atoms with E-state index >= 15 is 0 Å². The number of anilines is 3. The maximum absolute atomic E-state index is 13.4. The second-order valence-electron chi connectivity index (χ2n) is 9.55. The Labute approximate surface area is 166 Å². The molecule has 2 heterocycles. The minimum absolute atomic E-state index is 0.165. The second kappa shape index (κ2) is 6.87. The lowest BCUT2D eigenvalue weighted by molar-refractivity contribution is -0.140. The Balaban J connectivity index is 1.38. The normalized spacial score (nSPS) is 33.8. The van der Waals surface area contributed by atoms with Gasteiger partial charge in [-0.1, -0.05) is 0 Å². The molecule has 4 aliphatic carbocycles. The van der Waals surface area contributed by atoms with Gasteiger partial charge in [-0.2, -0.15) is 4.98 Å². The van der Waals surface area contributed by atoms with Gasteiger partial charge in [0.2, 0.25) is 11.9 Å². The quantitative estimate of drug-likeness (QED) is 0.859. The van der Waals surface area contributed by atoms with Crippen molar-refractivity contribution >= 4 is 23.4 Å². The van der Waals surface area contributed by atoms with Gasteiger partial charge in [-0.25, -0.2) is 4.98 Å². The van der Waals surface area contributed by atoms with Gasteiger partial charge in [-0.15, -0.1) is 0 Å². The van der Waals surface area contributed by atoms with Gasteiger partial charge < -0.3 is 19.9 Å². The summed E-state index contributed by atoms with van der Waals surface area (Å²) in [6.07, 6.45) is 9.00. The maximum Gasteiger partial charge on any atom is 0.230 e. The molecule has 152 valence electrons. The number of nitrogens with one attached hydrogen (secondary N) is 1. The Bertz CT molecular complexity index is 724. The third kappa shape index (κ3) is 3.13. The molecule has 7 heteroatoms. The lowest BCUT2D eigenvalue weighted by Gasteiger charge is -2.55. The topological polar surface area (TPSA) is 70.6 Å². The van der Waals surface area contributed by atoms with Gasteiger partial charge in [0.15, 0.2) is 5.82 Å². The number of rotatable bonds is 4. The summed E-state index contributed by atoms with van der Waals surface area (Å²) < 4.78 is 5.43. The summed E-state index contributed by atoms with van der Waals surface area (Å²) >= 11 is 0. The third-order valence-corrected chi connectivity index (χ3v) is 7.24. The largest absolute Gasteiger partial charge is 0.378 e. The van der Waals surface area contributed by atoms with E-state index in [4.69, 9.17) is 9.72 Å². The predicted octanol–water partition coefficient (Wildman–Crippen LogP) is 2.53. The first-order valence-electron chi connectivity index (χ1n) is 10.7. The molecule has 1 amide bonds. The van der Waals surface area contributed by atoms with Crippen LogP contribution in [0.3, 0.4) is 0 Å². The summed E-state index contributed by atoms with van der Waals surface area (Å²) in [4.78, 5) is 26.8. The van der Waals surface area contributed by atoms with Gasteiger partial charge in [-0.3, -0.25) is 4.79 Å². The van der Waals surface area contributed by atoms with Crippen LogP contribution < -0.4 is 15.1 Å². The average molecular weight is 386 g/mol. The molecule has 0 radical (unpaired) electrons. The smallest absolute Gasteiger partial charge is 0.230 e. The van der Waals surface area contributed by atoms with E-state index in [9.17, 15) is 4.79 Å². The molecule has 0 aromatic carbocycles. The summed E-state index contributed by atoms with van der Waals surface area (Å²) in [6.45, 7) is 2.99. The van der Waals surface area contributed by atoms with Gasteiger partial charge in [0, 0.05) is 27.2 Å². The molecule has 1 aromatic rings. The van der Waals surface area contributed by atoms with Crippen molar-refractivity contribution in [2.45, 2.75) is 38.5 Å². The van der Waals surface area contributed by atoms with Crippen molar-refractivity contribution in [2.24, 2.45) is 23.2 Å². The average Bonchev–Trinajstić information content (AvgIpc) is 2.67. The standard InChI is InChI=1S/C21H31N5O2/c1-25(2)18-17(13-22-20(24-18)26-3-5-28-6-4-26)23-19(27)21-10-14-7-15(11-21)9-16(8-14)12-21/h13-16H,3-12H2,1-2H3,(H,23,27). The van der Waals surface area contributed by atoms with Crippen LogP contribution in [0.5, 0.6) is 0 Å². The maximum atomic E-state index is 13.4. The van der Waals surface area contributed by atoms with Crippen LogP contribution in [0.25, 0.3) is 0 Å². The second-order valence-corrected chi connectivity index (χ2v) is 9.55. The summed E-state index contributed by atoms with van der Waals surface area (Å²) in [5.41, 5.74) is 0.559. The van der Waals surface area contributed by atoms with Crippen LogP contribution in [0.4, 0.5) is 17.5 Å². The van der Waals surface area contributed by atoms with E-state index in [-0.39, 0.29) is 11.3 Å². The molecule has 4 bridgehead atoms. The summed E-state index contributed by atoms with van der Waals surface area (Å²) in [7, 11) is 3.93. The molecule has 28 heavy (non-hydrogen) atoms. The van der Waals surface area contributed by atoms with Crippen LogP contribution >= 0.6 is 0 Å². The van der Waals surface area contributed by atoms with Crippen LogP contribution in [0.2, 0.25) is 0 Å². The van der Waals surface area contributed by atoms with Gasteiger partial charge >= 0.3 is 0 Å². The molecule has 4 saturated carbocycles. The van der Waals surface area contributed by atoms with E-state index in [0.29, 0.717) is 19.2 Å². The van der Waals surface area contributed by atoms with E-state index in [1.807, 2.05) is 19.0 Å². The SMILES string of the molecule is CN(C)c1nc(N2CCOCC2)ncc1NC(=O)C12CC3CC(CC(C3)C1)C2. The zero-order valence-corrected chi connectivity index (χ0v) is 17.0. The highest BCUT2D eigenvalue weighted by molar-refractivity contribution is 5.97. The van der Waals surface area contributed by atoms with Crippen LogP contribution in [-0.4, -0.2) is 56.3 Å². The van der Waals surface area contributed by atoms with Gasteiger partial charge in [0.05, 0.1) is 24.8 Å². The Morgan fingerprint density at radius 2 is 1.75 bits per heavy atom. The van der Waals surface area contributed by atoms with E-state index in [0.717, 1.165) is 61.6 Å². The number of carbonyl (C=O) groups is 1. The van der Waals surface area contributed by atoms with E-state index in [2.05, 4.69) is 15.2 Å². The first kappa shape index (κ1) is 18.2. The molecule has 0 atom stereocenters. The van der Waals surface area contributed by atoms with Crippen LogP contribution in [0, 0.1) is 23.2 Å². The highest BCUT2D eigenvalue weighted by Crippen LogP contribution is 2.60. The molecule has 1 N–H and O–H groups in total. The summed E-state index contributed by atoms with van der Waals surface area (Å²) in [5, 5.41) is 3.23. The monoisotopic (exact) mass is 385 g/mol. The zero-order chi connectivity index (χ0) is 19.3. The van der Waals surface area contributed by atoms with Crippen molar-refractivity contribution in [3.05, 3.63) is 6.20 Å². The van der Waals surface area contributed by atoms with Crippen molar-refractivity contribution in [2.75, 3.05) is 55.5 Å². The lowest BCUT2D eigenvalue weighted by Crippen LogP contribution is -2.51. The van der Waals surface area contributed by atoms with Crippen molar-refractivity contribution in [3.63, 3.8) is 0 Å². The molecule has 1 aliphatic heterocycles. The fourth-order valence-electron chi connectivity index (χ4n) is 6.35. The molecule has 0 unspecified atom stereocenters. The Hall–Kier alpha value is -1.89. The van der Waals surface area contributed by atoms with Gasteiger partial charge in [0.25, 0.3) is 0 Å². The van der Waals surface area contributed by atoms with Gasteiger partial charge in [-0.05, 0) is 56.3 Å². The molecule has 1 saturated heterocycles. The Kier molecular flexibility index (Phi) is 4.45. The van der Waals surface area contributed by atoms with Crippen molar-refractivity contribution < 1.29 is 9.53 Å². The van der Waals surface area contributed by atoms with E-state index < -0.39 is 0 Å². The number of ether oxygens (including phenoxy) is 1. The van der Waals surface area contributed by atoms with Crippen LogP contribution in [-0.2, 0) is 9.53 Å². The highest BCUT2D eigenvalue weighted by atomic mass is 16.5. The Morgan fingerprint density at radius 1 is 1.14 bits per heavy atom. The van der Waals surface area contributed by atoms with Crippen molar-refractivity contribution in [3.8, 4) is 0 Å². The number of hydrogen-bond acceptors (Lipinski definition) is 6. The lowest BCUT2D eigenvalue weighted by atomic mass is 9.49. The molecule has 5 aliphatic rings. The molecule has 6 rings (SSSR count). The molecular formula is C21H31N5O2. The van der Waals surface area contributed by atoms with Crippen LogP contribution in [0.15, 0.2) is 6.20 Å². The van der Waals surface area contributed by atoms with Crippen molar-refractivity contribution in [1.29, 1.82) is 0 Å². The summed E-state index contributed by atoms with van der Waals surface area (Å²) in [5.74, 6) is 3.94. The molecular weight excluding hydrogens is 354 g/mol. The van der Waals surface area contributed by atoms with Crippen molar-refractivity contribution in [1.82, 2.24) is 9.97 Å². The zero-order valence-electron chi connectivity index (χ0n) is 17.0. The first-order chi connectivity index (χ1) is 13.5. The fourth-order valence-corrected chi connectivity index (χ4v) is 6.35. The number of amides is 1. The number of nitrogens with zero attached hydrogens (tertiary/aromatic N) is 4. The number of morpholine rings is 1. The molecule has 1 aromatic heterocycles. The molecule has 7 nitrogen and oxygen atoms in total. The predicted molar refractivity (Wildman–Crippen MR) is 109 cm³/mol. The molecule has 5 fully saturated rings.